The van der Waals surface area contributed by atoms with Crippen molar-refractivity contribution < 1.29 is 4.79 Å². The SMILES string of the molecule is CCCCCCCCCCCCCCCCN(CCCC=O)CCCCCCCCCCCCCCC. The number of aldehydes is 1. The van der Waals surface area contributed by atoms with Gasteiger partial charge in [0.05, 0.1) is 0 Å². The van der Waals surface area contributed by atoms with Crippen LogP contribution in [0.1, 0.15) is 200 Å². The number of rotatable bonds is 33. The normalized spacial score (nSPS) is 11.5. The average molecular weight is 522 g/mol. The molecular formula is C35H71NO. The first-order valence-electron chi connectivity index (χ1n) is 17.5. The molecule has 0 aromatic rings. The fourth-order valence-corrected chi connectivity index (χ4v) is 5.62. The van der Waals surface area contributed by atoms with Crippen molar-refractivity contribution in [2.24, 2.45) is 0 Å². The smallest absolute Gasteiger partial charge is 0.120 e. The van der Waals surface area contributed by atoms with Crippen LogP contribution >= 0.6 is 0 Å². The van der Waals surface area contributed by atoms with Crippen LogP contribution in [0.5, 0.6) is 0 Å². The number of nitrogens with zero attached hydrogens (tertiary/aromatic N) is 1. The van der Waals surface area contributed by atoms with Crippen LogP contribution in [-0.2, 0) is 4.79 Å². The molecule has 0 fully saturated rings. The van der Waals surface area contributed by atoms with Gasteiger partial charge in [-0.1, -0.05) is 174 Å². The summed E-state index contributed by atoms with van der Waals surface area (Å²) in [5.74, 6) is 0. The lowest BCUT2D eigenvalue weighted by molar-refractivity contribution is -0.108. The predicted octanol–water partition coefficient (Wildman–Crippen LogP) is 11.8. The first kappa shape index (κ1) is 36.6. The maximum atomic E-state index is 10.8. The van der Waals surface area contributed by atoms with E-state index in [2.05, 4.69) is 18.7 Å². The van der Waals surface area contributed by atoms with E-state index in [1.807, 2.05) is 0 Å². The summed E-state index contributed by atoms with van der Waals surface area (Å²) >= 11 is 0. The highest BCUT2D eigenvalue weighted by molar-refractivity contribution is 5.48. The minimum absolute atomic E-state index is 0.730. The van der Waals surface area contributed by atoms with Crippen LogP contribution in [-0.4, -0.2) is 30.8 Å². The molecule has 37 heavy (non-hydrogen) atoms. The van der Waals surface area contributed by atoms with Crippen LogP contribution in [0, 0.1) is 0 Å². The van der Waals surface area contributed by atoms with Gasteiger partial charge in [0, 0.05) is 6.42 Å². The predicted molar refractivity (Wildman–Crippen MR) is 168 cm³/mol. The third-order valence-corrected chi connectivity index (χ3v) is 8.20. The fourth-order valence-electron chi connectivity index (χ4n) is 5.62. The monoisotopic (exact) mass is 522 g/mol. The molecule has 0 bridgehead atoms. The highest BCUT2D eigenvalue weighted by Gasteiger charge is 2.05. The molecule has 0 aromatic carbocycles. The van der Waals surface area contributed by atoms with Crippen molar-refractivity contribution in [3.63, 3.8) is 0 Å². The Labute approximate surface area is 235 Å². The molecule has 0 N–H and O–H groups in total. The lowest BCUT2D eigenvalue weighted by Crippen LogP contribution is -2.27. The van der Waals surface area contributed by atoms with Crippen molar-refractivity contribution in [3.8, 4) is 0 Å². The maximum absolute atomic E-state index is 10.8. The first-order valence-corrected chi connectivity index (χ1v) is 17.5. The van der Waals surface area contributed by atoms with E-state index in [0.717, 1.165) is 25.7 Å². The van der Waals surface area contributed by atoms with Crippen LogP contribution in [0.25, 0.3) is 0 Å². The second-order valence-electron chi connectivity index (χ2n) is 12.0. The number of hydrogen-bond donors (Lipinski definition) is 0. The Balaban J connectivity index is 3.56. The zero-order valence-electron chi connectivity index (χ0n) is 26.1. The van der Waals surface area contributed by atoms with E-state index in [9.17, 15) is 4.79 Å². The van der Waals surface area contributed by atoms with Crippen LogP contribution in [0.2, 0.25) is 0 Å². The molecule has 0 aromatic heterocycles. The summed E-state index contributed by atoms with van der Waals surface area (Å²) in [6.45, 7) is 8.21. The third-order valence-electron chi connectivity index (χ3n) is 8.20. The lowest BCUT2D eigenvalue weighted by Gasteiger charge is -2.22. The van der Waals surface area contributed by atoms with Gasteiger partial charge in [0.25, 0.3) is 0 Å². The Bertz CT molecular complexity index is 410. The molecule has 0 aliphatic heterocycles. The molecule has 0 atom stereocenters. The molecule has 0 aliphatic carbocycles. The highest BCUT2D eigenvalue weighted by Crippen LogP contribution is 2.15. The summed E-state index contributed by atoms with van der Waals surface area (Å²) in [5.41, 5.74) is 0. The summed E-state index contributed by atoms with van der Waals surface area (Å²) in [6, 6.07) is 0. The zero-order chi connectivity index (χ0) is 26.9. The number of hydrogen-bond acceptors (Lipinski definition) is 2. The highest BCUT2D eigenvalue weighted by atomic mass is 16.1. The Morgan fingerprint density at radius 1 is 0.351 bits per heavy atom. The molecule has 0 aliphatic rings. The minimum atomic E-state index is 0.730. The largest absolute Gasteiger partial charge is 0.303 e. The van der Waals surface area contributed by atoms with Gasteiger partial charge in [-0.2, -0.15) is 0 Å². The molecule has 222 valence electrons. The number of carbonyl (C=O) groups is 1. The van der Waals surface area contributed by atoms with E-state index >= 15 is 0 Å². The van der Waals surface area contributed by atoms with E-state index in [0.29, 0.717) is 0 Å². The second kappa shape index (κ2) is 33.7. The van der Waals surface area contributed by atoms with Crippen LogP contribution in [0.4, 0.5) is 0 Å². The van der Waals surface area contributed by atoms with Crippen molar-refractivity contribution >= 4 is 6.29 Å². The standard InChI is InChI=1S/C35H71NO/c1-3-5-7-9-11-13-15-17-19-21-23-25-27-29-33-36(34-30-31-35-37)32-28-26-24-22-20-18-16-14-12-10-8-6-4-2/h35H,3-34H2,1-2H3. The van der Waals surface area contributed by atoms with E-state index in [4.69, 9.17) is 0 Å². The van der Waals surface area contributed by atoms with Gasteiger partial charge in [0.15, 0.2) is 0 Å². The molecule has 2 nitrogen and oxygen atoms in total. The molecule has 0 unspecified atom stereocenters. The van der Waals surface area contributed by atoms with E-state index in [-0.39, 0.29) is 0 Å². The minimum Gasteiger partial charge on any atom is -0.303 e. The van der Waals surface area contributed by atoms with Crippen molar-refractivity contribution in [2.45, 2.75) is 200 Å². The van der Waals surface area contributed by atoms with Gasteiger partial charge in [-0.15, -0.1) is 0 Å². The van der Waals surface area contributed by atoms with Gasteiger partial charge in [-0.3, -0.25) is 0 Å². The van der Waals surface area contributed by atoms with Crippen molar-refractivity contribution in [3.05, 3.63) is 0 Å². The van der Waals surface area contributed by atoms with E-state index in [1.54, 1.807) is 0 Å². The quantitative estimate of drug-likeness (QED) is 0.0632. The van der Waals surface area contributed by atoms with E-state index in [1.165, 1.54) is 186 Å². The number of unbranched alkanes of at least 4 members (excludes halogenated alkanes) is 26. The molecule has 0 radical (unpaired) electrons. The summed E-state index contributed by atoms with van der Waals surface area (Å²) in [7, 11) is 0. The van der Waals surface area contributed by atoms with Crippen molar-refractivity contribution in [1.82, 2.24) is 4.90 Å². The molecule has 0 saturated heterocycles. The fraction of sp³-hybridized carbons (Fsp3) is 0.971. The lowest BCUT2D eigenvalue weighted by atomic mass is 10.0. The number of carbonyl (C=O) groups excluding carboxylic acids is 1. The summed E-state index contributed by atoms with van der Waals surface area (Å²) in [4.78, 5) is 13.4. The second-order valence-corrected chi connectivity index (χ2v) is 12.0. The Morgan fingerprint density at radius 2 is 0.595 bits per heavy atom. The molecule has 0 heterocycles. The molecule has 0 rings (SSSR count). The van der Waals surface area contributed by atoms with Crippen molar-refractivity contribution in [2.75, 3.05) is 19.6 Å². The Hall–Kier alpha value is -0.370. The molecule has 0 saturated carbocycles. The first-order chi connectivity index (χ1) is 18.3. The van der Waals surface area contributed by atoms with Gasteiger partial charge < -0.3 is 9.69 Å². The van der Waals surface area contributed by atoms with Gasteiger partial charge >= 0.3 is 0 Å². The van der Waals surface area contributed by atoms with Gasteiger partial charge in [0.2, 0.25) is 0 Å². The molecular weight excluding hydrogens is 450 g/mol. The topological polar surface area (TPSA) is 20.3 Å². The van der Waals surface area contributed by atoms with Gasteiger partial charge in [-0.05, 0) is 38.9 Å². The van der Waals surface area contributed by atoms with Crippen LogP contribution < -0.4 is 0 Å². The summed E-state index contributed by atoms with van der Waals surface area (Å²) in [6.07, 6.45) is 41.4. The zero-order valence-corrected chi connectivity index (χ0v) is 26.1. The molecule has 0 spiro atoms. The summed E-state index contributed by atoms with van der Waals surface area (Å²) < 4.78 is 0. The third kappa shape index (κ3) is 31.7. The maximum Gasteiger partial charge on any atom is 0.120 e. The van der Waals surface area contributed by atoms with Crippen LogP contribution in [0.15, 0.2) is 0 Å². The van der Waals surface area contributed by atoms with Crippen LogP contribution in [0.3, 0.4) is 0 Å². The average Bonchev–Trinajstić information content (AvgIpc) is 2.91. The summed E-state index contributed by atoms with van der Waals surface area (Å²) in [5, 5.41) is 0. The Kier molecular flexibility index (Phi) is 33.3. The van der Waals surface area contributed by atoms with E-state index < -0.39 is 0 Å². The van der Waals surface area contributed by atoms with Gasteiger partial charge in [-0.25, -0.2) is 0 Å². The molecule has 2 heteroatoms. The van der Waals surface area contributed by atoms with Crippen molar-refractivity contribution in [1.29, 1.82) is 0 Å². The Morgan fingerprint density at radius 3 is 0.865 bits per heavy atom. The molecule has 0 amide bonds. The van der Waals surface area contributed by atoms with Gasteiger partial charge in [0.1, 0.15) is 6.29 Å².